The summed E-state index contributed by atoms with van der Waals surface area (Å²) in [6, 6.07) is 10.5. The van der Waals surface area contributed by atoms with E-state index in [-0.39, 0.29) is 10.5 Å². The number of amides is 1. The lowest BCUT2D eigenvalue weighted by Crippen LogP contribution is -2.32. The summed E-state index contributed by atoms with van der Waals surface area (Å²) in [5.41, 5.74) is 1.04. The van der Waals surface area contributed by atoms with Crippen molar-refractivity contribution < 1.29 is 17.6 Å². The summed E-state index contributed by atoms with van der Waals surface area (Å²) in [7, 11) is -3.69. The molecule has 1 aliphatic rings. The number of halogens is 1. The van der Waals surface area contributed by atoms with E-state index < -0.39 is 21.7 Å². The minimum absolute atomic E-state index is 0.0842. The standard InChI is InChI=1S/C22H28FN3O3S/c1-3-26(4-2)30(28,29)17-12-13-21(25-14-8-5-9-15-25)20(16-17)24-22(27)18-10-6-7-11-19(18)23/h6-7,10-13,16H,3-5,8-9,14-15H2,1-2H3,(H,24,27). The van der Waals surface area contributed by atoms with Crippen molar-refractivity contribution in [1.29, 1.82) is 0 Å². The van der Waals surface area contributed by atoms with Gasteiger partial charge in [0.15, 0.2) is 0 Å². The van der Waals surface area contributed by atoms with Gasteiger partial charge in [-0.25, -0.2) is 12.8 Å². The molecule has 3 rings (SSSR count). The third-order valence-corrected chi connectivity index (χ3v) is 7.42. The van der Waals surface area contributed by atoms with E-state index in [9.17, 15) is 17.6 Å². The normalized spacial score (nSPS) is 14.7. The fraction of sp³-hybridized carbons (Fsp3) is 0.409. The largest absolute Gasteiger partial charge is 0.370 e. The van der Waals surface area contributed by atoms with Gasteiger partial charge in [0.1, 0.15) is 5.82 Å². The molecule has 0 aromatic heterocycles. The van der Waals surface area contributed by atoms with Crippen LogP contribution in [0.2, 0.25) is 0 Å². The summed E-state index contributed by atoms with van der Waals surface area (Å²) in [5, 5.41) is 2.75. The number of carbonyl (C=O) groups excluding carboxylic acids is 1. The Bertz CT molecular complexity index is 1000. The Hall–Kier alpha value is -2.45. The summed E-state index contributed by atoms with van der Waals surface area (Å²) in [4.78, 5) is 15.0. The maximum atomic E-state index is 14.1. The van der Waals surface area contributed by atoms with Crippen molar-refractivity contribution in [2.45, 2.75) is 38.0 Å². The molecule has 1 aliphatic heterocycles. The summed E-state index contributed by atoms with van der Waals surface area (Å²) >= 11 is 0. The van der Waals surface area contributed by atoms with Crippen molar-refractivity contribution in [3.05, 3.63) is 53.8 Å². The molecule has 162 valence electrons. The van der Waals surface area contributed by atoms with Crippen molar-refractivity contribution in [2.75, 3.05) is 36.4 Å². The van der Waals surface area contributed by atoms with Crippen LogP contribution in [0.1, 0.15) is 43.5 Å². The molecule has 1 saturated heterocycles. The third kappa shape index (κ3) is 4.65. The fourth-order valence-electron chi connectivity index (χ4n) is 3.73. The van der Waals surface area contributed by atoms with E-state index >= 15 is 0 Å². The lowest BCUT2D eigenvalue weighted by molar-refractivity contribution is 0.102. The molecular formula is C22H28FN3O3S. The molecule has 2 aromatic carbocycles. The summed E-state index contributed by atoms with van der Waals surface area (Å²) in [6.07, 6.45) is 3.20. The van der Waals surface area contributed by atoms with Crippen LogP contribution in [0, 0.1) is 5.82 Å². The zero-order valence-electron chi connectivity index (χ0n) is 17.4. The van der Waals surface area contributed by atoms with Crippen molar-refractivity contribution >= 4 is 27.3 Å². The topological polar surface area (TPSA) is 69.7 Å². The van der Waals surface area contributed by atoms with Gasteiger partial charge in [0.25, 0.3) is 5.91 Å². The highest BCUT2D eigenvalue weighted by Gasteiger charge is 2.25. The highest BCUT2D eigenvalue weighted by molar-refractivity contribution is 7.89. The second-order valence-corrected chi connectivity index (χ2v) is 9.19. The first-order valence-corrected chi connectivity index (χ1v) is 11.8. The zero-order chi connectivity index (χ0) is 21.7. The van der Waals surface area contributed by atoms with Crippen LogP contribution in [-0.4, -0.2) is 44.8 Å². The van der Waals surface area contributed by atoms with Crippen LogP contribution in [0.15, 0.2) is 47.4 Å². The van der Waals surface area contributed by atoms with Crippen LogP contribution in [0.3, 0.4) is 0 Å². The third-order valence-electron chi connectivity index (χ3n) is 5.37. The minimum Gasteiger partial charge on any atom is -0.370 e. The molecule has 0 unspecified atom stereocenters. The molecule has 1 fully saturated rings. The van der Waals surface area contributed by atoms with Crippen LogP contribution in [0.25, 0.3) is 0 Å². The number of sulfonamides is 1. The number of hydrogen-bond donors (Lipinski definition) is 1. The maximum absolute atomic E-state index is 14.1. The SMILES string of the molecule is CCN(CC)S(=O)(=O)c1ccc(N2CCCCC2)c(NC(=O)c2ccccc2F)c1. The molecule has 30 heavy (non-hydrogen) atoms. The molecule has 0 atom stereocenters. The lowest BCUT2D eigenvalue weighted by atomic mass is 10.1. The Morgan fingerprint density at radius 1 is 1.07 bits per heavy atom. The predicted octanol–water partition coefficient (Wildman–Crippen LogP) is 4.10. The number of hydrogen-bond acceptors (Lipinski definition) is 4. The number of carbonyl (C=O) groups is 1. The lowest BCUT2D eigenvalue weighted by Gasteiger charge is -2.31. The van der Waals surface area contributed by atoms with Gasteiger partial charge in [-0.3, -0.25) is 4.79 Å². The molecule has 6 nitrogen and oxygen atoms in total. The van der Waals surface area contributed by atoms with Gasteiger partial charge in [0.05, 0.1) is 21.8 Å². The number of nitrogens with zero attached hydrogens (tertiary/aromatic N) is 2. The van der Waals surface area contributed by atoms with Crippen molar-refractivity contribution in [2.24, 2.45) is 0 Å². The first kappa shape index (κ1) is 22.2. The summed E-state index contributed by atoms with van der Waals surface area (Å²) in [6.45, 7) is 5.91. The van der Waals surface area contributed by atoms with Gasteiger partial charge in [0, 0.05) is 26.2 Å². The number of anilines is 2. The van der Waals surface area contributed by atoms with Crippen molar-refractivity contribution in [3.63, 3.8) is 0 Å². The smallest absolute Gasteiger partial charge is 0.258 e. The molecule has 0 radical (unpaired) electrons. The van der Waals surface area contributed by atoms with Gasteiger partial charge in [0.2, 0.25) is 10.0 Å². The van der Waals surface area contributed by atoms with Gasteiger partial charge in [-0.1, -0.05) is 26.0 Å². The first-order chi connectivity index (χ1) is 14.4. The van der Waals surface area contributed by atoms with Crippen LogP contribution in [-0.2, 0) is 10.0 Å². The molecule has 0 aliphatic carbocycles. The average molecular weight is 434 g/mol. The van der Waals surface area contributed by atoms with E-state index in [1.54, 1.807) is 32.0 Å². The maximum Gasteiger partial charge on any atom is 0.258 e. The number of benzene rings is 2. The van der Waals surface area contributed by atoms with Gasteiger partial charge in [-0.15, -0.1) is 0 Å². The molecule has 1 heterocycles. The Morgan fingerprint density at radius 3 is 2.37 bits per heavy atom. The zero-order valence-corrected chi connectivity index (χ0v) is 18.2. The quantitative estimate of drug-likeness (QED) is 0.714. The summed E-state index contributed by atoms with van der Waals surface area (Å²) < 4.78 is 41.4. The average Bonchev–Trinajstić information content (AvgIpc) is 2.75. The predicted molar refractivity (Wildman–Crippen MR) is 117 cm³/mol. The fourth-order valence-corrected chi connectivity index (χ4v) is 5.22. The number of nitrogens with one attached hydrogen (secondary N) is 1. The highest BCUT2D eigenvalue weighted by Crippen LogP contribution is 2.32. The van der Waals surface area contributed by atoms with E-state index in [1.807, 2.05) is 0 Å². The second kappa shape index (κ2) is 9.57. The molecule has 2 aromatic rings. The molecule has 0 spiro atoms. The van der Waals surface area contributed by atoms with E-state index in [0.717, 1.165) is 38.0 Å². The Morgan fingerprint density at radius 2 is 1.73 bits per heavy atom. The minimum atomic E-state index is -3.69. The van der Waals surface area contributed by atoms with Crippen molar-refractivity contribution in [1.82, 2.24) is 4.31 Å². The molecule has 1 N–H and O–H groups in total. The second-order valence-electron chi connectivity index (χ2n) is 7.25. The van der Waals surface area contributed by atoms with Crippen LogP contribution >= 0.6 is 0 Å². The Labute approximate surface area is 177 Å². The van der Waals surface area contributed by atoms with Gasteiger partial charge in [-0.2, -0.15) is 4.31 Å². The molecule has 0 bridgehead atoms. The van der Waals surface area contributed by atoms with Crippen LogP contribution < -0.4 is 10.2 Å². The molecule has 1 amide bonds. The van der Waals surface area contributed by atoms with E-state index in [1.165, 1.54) is 28.6 Å². The number of rotatable bonds is 7. The monoisotopic (exact) mass is 433 g/mol. The van der Waals surface area contributed by atoms with Gasteiger partial charge in [-0.05, 0) is 49.6 Å². The Balaban J connectivity index is 2.02. The summed E-state index contributed by atoms with van der Waals surface area (Å²) in [5.74, 6) is -1.23. The van der Waals surface area contributed by atoms with Crippen molar-refractivity contribution in [3.8, 4) is 0 Å². The van der Waals surface area contributed by atoms with E-state index in [2.05, 4.69) is 10.2 Å². The highest BCUT2D eigenvalue weighted by atomic mass is 32.2. The van der Waals surface area contributed by atoms with Gasteiger partial charge >= 0.3 is 0 Å². The Kier molecular flexibility index (Phi) is 7.10. The van der Waals surface area contributed by atoms with Gasteiger partial charge < -0.3 is 10.2 Å². The molecular weight excluding hydrogens is 405 g/mol. The van der Waals surface area contributed by atoms with E-state index in [0.29, 0.717) is 18.8 Å². The van der Waals surface area contributed by atoms with Crippen LogP contribution in [0.4, 0.5) is 15.8 Å². The molecule has 0 saturated carbocycles. The first-order valence-electron chi connectivity index (χ1n) is 10.3. The molecule has 8 heteroatoms. The van der Waals surface area contributed by atoms with E-state index in [4.69, 9.17) is 0 Å². The number of piperidine rings is 1. The van der Waals surface area contributed by atoms with Crippen LogP contribution in [0.5, 0.6) is 0 Å².